The minimum Gasteiger partial charge on any atom is -0.382 e. The largest absolute Gasteiger partial charge is 0.382 e. The van der Waals surface area contributed by atoms with Crippen LogP contribution in [-0.2, 0) is 15.1 Å². The zero-order valence-electron chi connectivity index (χ0n) is 20.0. The van der Waals surface area contributed by atoms with Crippen molar-refractivity contribution >= 4 is 5.69 Å². The van der Waals surface area contributed by atoms with E-state index in [0.717, 1.165) is 43.0 Å². The number of morpholine rings is 1. The predicted molar refractivity (Wildman–Crippen MR) is 127 cm³/mol. The van der Waals surface area contributed by atoms with E-state index in [2.05, 4.69) is 72.9 Å². The van der Waals surface area contributed by atoms with Crippen LogP contribution in [0.1, 0.15) is 43.4 Å². The maximum atomic E-state index is 12.4. The first-order valence-electron chi connectivity index (χ1n) is 11.6. The van der Waals surface area contributed by atoms with Crippen LogP contribution in [0.4, 0.5) is 5.69 Å². The summed E-state index contributed by atoms with van der Waals surface area (Å²) < 4.78 is 11.1. The van der Waals surface area contributed by atoms with E-state index in [1.165, 1.54) is 5.56 Å². The quantitative estimate of drug-likeness (QED) is 0.715. The Hall–Kier alpha value is -1.99. The summed E-state index contributed by atoms with van der Waals surface area (Å²) in [4.78, 5) is 9.10. The molecular weight excluding hydrogens is 402 g/mol. The first-order chi connectivity index (χ1) is 15.3. The van der Waals surface area contributed by atoms with E-state index in [9.17, 15) is 5.11 Å². The first-order valence-corrected chi connectivity index (χ1v) is 11.6. The number of aromatic nitrogens is 1. The van der Waals surface area contributed by atoms with Gasteiger partial charge in [-0.1, -0.05) is 45.0 Å². The van der Waals surface area contributed by atoms with E-state index in [1.54, 1.807) is 7.11 Å². The van der Waals surface area contributed by atoms with Gasteiger partial charge >= 0.3 is 0 Å². The van der Waals surface area contributed by atoms with Gasteiger partial charge in [0.05, 0.1) is 31.2 Å². The summed E-state index contributed by atoms with van der Waals surface area (Å²) in [6.07, 6.45) is 3.75. The van der Waals surface area contributed by atoms with Crippen LogP contribution in [0.2, 0.25) is 0 Å². The van der Waals surface area contributed by atoms with Crippen LogP contribution in [0.15, 0.2) is 42.7 Å². The lowest BCUT2D eigenvalue weighted by Gasteiger charge is -2.56. The summed E-state index contributed by atoms with van der Waals surface area (Å²) in [5.74, 6) is 0.453. The second-order valence-electron chi connectivity index (χ2n) is 10.0. The van der Waals surface area contributed by atoms with Crippen molar-refractivity contribution in [2.75, 3.05) is 58.5 Å². The van der Waals surface area contributed by atoms with Crippen LogP contribution in [0.25, 0.3) is 0 Å². The zero-order chi connectivity index (χ0) is 22.9. The van der Waals surface area contributed by atoms with E-state index >= 15 is 0 Å². The molecule has 174 valence electrons. The number of nitrogens with zero attached hydrogens (tertiary/aromatic N) is 3. The average Bonchev–Trinajstić information content (AvgIpc) is 2.78. The molecule has 1 aromatic carbocycles. The zero-order valence-corrected chi connectivity index (χ0v) is 20.0. The number of likely N-dealkylation sites (tertiary alicyclic amines) is 1. The van der Waals surface area contributed by atoms with E-state index in [1.807, 2.05) is 12.4 Å². The van der Waals surface area contributed by atoms with Crippen LogP contribution in [-0.4, -0.2) is 74.6 Å². The molecule has 6 heteroatoms. The molecule has 3 heterocycles. The fourth-order valence-electron chi connectivity index (χ4n) is 5.39. The molecule has 2 aliphatic heterocycles. The number of benzene rings is 1. The molecule has 2 aliphatic rings. The van der Waals surface area contributed by atoms with Gasteiger partial charge in [0, 0.05) is 50.5 Å². The van der Waals surface area contributed by atoms with Gasteiger partial charge in [-0.3, -0.25) is 4.98 Å². The maximum absolute atomic E-state index is 12.4. The van der Waals surface area contributed by atoms with Crippen molar-refractivity contribution < 1.29 is 14.6 Å². The molecule has 2 fully saturated rings. The molecule has 0 amide bonds. The summed E-state index contributed by atoms with van der Waals surface area (Å²) >= 11 is 0. The number of ether oxygens (including phenoxy) is 2. The van der Waals surface area contributed by atoms with Crippen LogP contribution >= 0.6 is 0 Å². The molecule has 0 saturated carbocycles. The van der Waals surface area contributed by atoms with Crippen molar-refractivity contribution in [2.45, 2.75) is 38.4 Å². The first kappa shape index (κ1) is 23.2. The van der Waals surface area contributed by atoms with Gasteiger partial charge in [-0.2, -0.15) is 0 Å². The van der Waals surface area contributed by atoms with Crippen molar-refractivity contribution in [1.29, 1.82) is 0 Å². The van der Waals surface area contributed by atoms with Crippen molar-refractivity contribution in [3.05, 3.63) is 59.4 Å². The number of aliphatic hydroxyl groups is 1. The van der Waals surface area contributed by atoms with Gasteiger partial charge < -0.3 is 24.4 Å². The van der Waals surface area contributed by atoms with Gasteiger partial charge in [-0.15, -0.1) is 0 Å². The van der Waals surface area contributed by atoms with E-state index in [4.69, 9.17) is 9.47 Å². The normalized spacial score (nSPS) is 23.1. The van der Waals surface area contributed by atoms with Gasteiger partial charge in [0.25, 0.3) is 0 Å². The summed E-state index contributed by atoms with van der Waals surface area (Å²) in [5, 5.41) is 12.4. The number of anilines is 1. The molecule has 0 radical (unpaired) electrons. The minimum atomic E-state index is -1.13. The Morgan fingerprint density at radius 2 is 1.94 bits per heavy atom. The van der Waals surface area contributed by atoms with Gasteiger partial charge in [0.1, 0.15) is 5.60 Å². The van der Waals surface area contributed by atoms with Gasteiger partial charge in [0.15, 0.2) is 0 Å². The predicted octanol–water partition coefficient (Wildman–Crippen LogP) is 3.24. The number of hydrogen-bond donors (Lipinski definition) is 1. The van der Waals surface area contributed by atoms with Gasteiger partial charge in [-0.05, 0) is 30.2 Å². The molecule has 2 aromatic rings. The third-order valence-corrected chi connectivity index (χ3v) is 7.10. The van der Waals surface area contributed by atoms with E-state index in [0.29, 0.717) is 19.1 Å². The maximum Gasteiger partial charge on any atom is 0.124 e. The molecular formula is C26H37N3O3. The van der Waals surface area contributed by atoms with Gasteiger partial charge in [-0.25, -0.2) is 0 Å². The highest BCUT2D eigenvalue weighted by Crippen LogP contribution is 2.50. The number of hydrogen-bond acceptors (Lipinski definition) is 6. The van der Waals surface area contributed by atoms with Crippen molar-refractivity contribution in [1.82, 2.24) is 9.88 Å². The second kappa shape index (κ2) is 9.10. The molecule has 1 N–H and O–H groups in total. The molecule has 1 aromatic heterocycles. The summed E-state index contributed by atoms with van der Waals surface area (Å²) in [6, 6.07) is 10.6. The SMILES string of the molecule is COC[C@H]1CN(c2cncc([C@@](O)(c3ccc(C(C)C)cc3)C3(C)CN(C)C3)c2)CCO1. The average molecular weight is 440 g/mol. The molecule has 4 rings (SSSR count). The highest BCUT2D eigenvalue weighted by atomic mass is 16.5. The molecule has 2 saturated heterocycles. The third-order valence-electron chi connectivity index (χ3n) is 7.10. The van der Waals surface area contributed by atoms with Crippen LogP contribution < -0.4 is 4.90 Å². The Morgan fingerprint density at radius 1 is 1.22 bits per heavy atom. The fraction of sp³-hybridized carbons (Fsp3) is 0.577. The summed E-state index contributed by atoms with van der Waals surface area (Å²) in [5.41, 5.74) is 2.63. The Morgan fingerprint density at radius 3 is 2.56 bits per heavy atom. The lowest BCUT2D eigenvalue weighted by atomic mass is 9.62. The molecule has 0 unspecified atom stereocenters. The summed E-state index contributed by atoms with van der Waals surface area (Å²) in [7, 11) is 3.80. The summed E-state index contributed by atoms with van der Waals surface area (Å²) in [6.45, 7) is 11.0. The molecule has 0 spiro atoms. The Bertz CT molecular complexity index is 909. The molecule has 0 bridgehead atoms. The highest BCUT2D eigenvalue weighted by Gasteiger charge is 2.55. The van der Waals surface area contributed by atoms with Crippen molar-refractivity contribution in [2.24, 2.45) is 5.41 Å². The lowest BCUT2D eigenvalue weighted by Crippen LogP contribution is -2.63. The molecule has 2 atom stereocenters. The van der Waals surface area contributed by atoms with Crippen LogP contribution in [0, 0.1) is 5.41 Å². The van der Waals surface area contributed by atoms with Crippen molar-refractivity contribution in [3.63, 3.8) is 0 Å². The van der Waals surface area contributed by atoms with Crippen molar-refractivity contribution in [3.8, 4) is 0 Å². The highest BCUT2D eigenvalue weighted by molar-refractivity contribution is 5.51. The Labute approximate surface area is 192 Å². The second-order valence-corrected chi connectivity index (χ2v) is 10.0. The Kier molecular flexibility index (Phi) is 6.59. The molecule has 0 aliphatic carbocycles. The van der Waals surface area contributed by atoms with E-state index in [-0.39, 0.29) is 11.5 Å². The monoisotopic (exact) mass is 439 g/mol. The van der Waals surface area contributed by atoms with Gasteiger partial charge in [0.2, 0.25) is 0 Å². The number of pyridine rings is 1. The molecule has 6 nitrogen and oxygen atoms in total. The molecule has 32 heavy (non-hydrogen) atoms. The third kappa shape index (κ3) is 4.17. The van der Waals surface area contributed by atoms with Crippen LogP contribution in [0.5, 0.6) is 0 Å². The minimum absolute atomic E-state index is 0.0395. The fourth-order valence-corrected chi connectivity index (χ4v) is 5.39. The van der Waals surface area contributed by atoms with Crippen LogP contribution in [0.3, 0.4) is 0 Å². The number of methoxy groups -OCH3 is 1. The Balaban J connectivity index is 1.71. The van der Waals surface area contributed by atoms with E-state index < -0.39 is 5.60 Å². The topological polar surface area (TPSA) is 58.1 Å². The smallest absolute Gasteiger partial charge is 0.124 e. The number of rotatable bonds is 7. The lowest BCUT2D eigenvalue weighted by molar-refractivity contribution is -0.127. The standard InChI is InChI=1S/C26H37N3O3/c1-19(2)20-6-8-21(9-7-20)26(30,25(3)17-28(4)18-25)22-12-23(14-27-13-22)29-10-11-32-24(15-29)16-31-5/h6-9,12-14,19,24,30H,10-11,15-18H2,1-5H3/t24-,26+/m1/s1.